The number of hydrogen-bond donors (Lipinski definition) is 2. The Kier molecular flexibility index (Phi) is 7.23. The topological polar surface area (TPSA) is 69.6 Å². The molecule has 0 spiro atoms. The lowest BCUT2D eigenvalue weighted by Gasteiger charge is -2.20. The monoisotopic (exact) mass is 365 g/mol. The van der Waals surface area contributed by atoms with Crippen LogP contribution in [0.5, 0.6) is 0 Å². The Morgan fingerprint density at radius 1 is 1.44 bits per heavy atom. The van der Waals surface area contributed by atoms with Crippen LogP contribution in [0.4, 0.5) is 0 Å². The van der Waals surface area contributed by atoms with E-state index in [1.165, 1.54) is 0 Å². The van der Waals surface area contributed by atoms with E-state index in [1.807, 2.05) is 18.7 Å². The van der Waals surface area contributed by atoms with E-state index in [9.17, 15) is 4.79 Å². The van der Waals surface area contributed by atoms with Gasteiger partial charge in [-0.2, -0.15) is 0 Å². The maximum atomic E-state index is 12.1. The van der Waals surface area contributed by atoms with Gasteiger partial charge in [-0.1, -0.05) is 27.7 Å². The first kappa shape index (κ1) is 19.7. The number of guanidine groups is 1. The summed E-state index contributed by atoms with van der Waals surface area (Å²) in [6.07, 6.45) is 0.955. The summed E-state index contributed by atoms with van der Waals surface area (Å²) in [5.74, 6) is 1.54. The molecular weight excluding hydrogens is 334 g/mol. The van der Waals surface area contributed by atoms with Gasteiger partial charge in [-0.3, -0.25) is 4.79 Å². The van der Waals surface area contributed by atoms with Crippen molar-refractivity contribution in [1.29, 1.82) is 0 Å². The van der Waals surface area contributed by atoms with Crippen LogP contribution >= 0.6 is 11.3 Å². The summed E-state index contributed by atoms with van der Waals surface area (Å²) in [5, 5.41) is 9.99. The minimum absolute atomic E-state index is 0.0560. The molecule has 140 valence electrons. The van der Waals surface area contributed by atoms with Crippen molar-refractivity contribution in [2.45, 2.75) is 59.5 Å². The molecule has 0 aromatic carbocycles. The van der Waals surface area contributed by atoms with Crippen LogP contribution in [0.25, 0.3) is 0 Å². The molecule has 1 aromatic heterocycles. The number of amides is 1. The summed E-state index contributed by atoms with van der Waals surface area (Å²) in [7, 11) is 0. The normalized spacial score (nSPS) is 18.3. The Labute approximate surface area is 155 Å². The first-order valence-corrected chi connectivity index (χ1v) is 10.1. The van der Waals surface area contributed by atoms with Crippen molar-refractivity contribution >= 4 is 23.2 Å². The van der Waals surface area contributed by atoms with E-state index in [0.29, 0.717) is 12.5 Å². The van der Waals surface area contributed by atoms with Gasteiger partial charge in [0.05, 0.1) is 17.2 Å². The third-order valence-electron chi connectivity index (χ3n) is 4.14. The number of nitrogens with one attached hydrogen (secondary N) is 2. The fraction of sp³-hybridized carbons (Fsp3) is 0.722. The summed E-state index contributed by atoms with van der Waals surface area (Å²) in [6, 6.07) is 0.252. The highest BCUT2D eigenvalue weighted by Crippen LogP contribution is 2.19. The van der Waals surface area contributed by atoms with Gasteiger partial charge in [0, 0.05) is 42.9 Å². The minimum Gasteiger partial charge on any atom is -0.357 e. The third-order valence-corrected chi connectivity index (χ3v) is 5.34. The van der Waals surface area contributed by atoms with E-state index in [0.717, 1.165) is 42.7 Å². The average Bonchev–Trinajstić information content (AvgIpc) is 3.21. The number of nitrogens with zero attached hydrogens (tertiary/aromatic N) is 3. The molecule has 1 aliphatic heterocycles. The molecule has 0 radical (unpaired) electrons. The van der Waals surface area contributed by atoms with Crippen molar-refractivity contribution in [3.05, 3.63) is 16.1 Å². The average molecular weight is 366 g/mol. The molecule has 2 heterocycles. The largest absolute Gasteiger partial charge is 0.357 e. The highest BCUT2D eigenvalue weighted by Gasteiger charge is 2.27. The number of aromatic nitrogens is 1. The fourth-order valence-electron chi connectivity index (χ4n) is 2.78. The van der Waals surface area contributed by atoms with Crippen LogP contribution in [0.3, 0.4) is 0 Å². The molecule has 25 heavy (non-hydrogen) atoms. The van der Waals surface area contributed by atoms with Crippen LogP contribution in [0.15, 0.2) is 10.4 Å². The van der Waals surface area contributed by atoms with Crippen LogP contribution in [0.1, 0.15) is 57.7 Å². The van der Waals surface area contributed by atoms with Crippen molar-refractivity contribution in [2.75, 3.05) is 19.6 Å². The molecule has 2 N–H and O–H groups in total. The zero-order chi connectivity index (χ0) is 18.4. The number of carbonyl (C=O) groups excluding carboxylic acids is 1. The standard InChI is InChI=1S/C18H31N5OS/c1-6-19-18(20-9-15-11-25-16(21-15)12(2)3)22-14-7-8-23(10-14)17(24)13(4)5/h11-14H,6-10H2,1-5H3,(H2,19,20,22). The van der Waals surface area contributed by atoms with Gasteiger partial charge in [-0.25, -0.2) is 9.98 Å². The van der Waals surface area contributed by atoms with E-state index in [2.05, 4.69) is 46.8 Å². The van der Waals surface area contributed by atoms with Gasteiger partial charge < -0.3 is 15.5 Å². The second-order valence-electron chi connectivity index (χ2n) is 7.10. The van der Waals surface area contributed by atoms with Crippen LogP contribution in [-0.4, -0.2) is 47.4 Å². The molecule has 1 aliphatic rings. The number of likely N-dealkylation sites (tertiary alicyclic amines) is 1. The number of aliphatic imine (C=N–C) groups is 1. The van der Waals surface area contributed by atoms with Crippen molar-refractivity contribution in [3.8, 4) is 0 Å². The summed E-state index contributed by atoms with van der Waals surface area (Å²) >= 11 is 1.70. The van der Waals surface area contributed by atoms with Gasteiger partial charge >= 0.3 is 0 Å². The SMILES string of the molecule is CCNC(=NCc1csc(C(C)C)n1)NC1CCN(C(=O)C(C)C)C1. The maximum absolute atomic E-state index is 12.1. The Hall–Kier alpha value is -1.63. The molecule has 0 saturated carbocycles. The number of carbonyl (C=O) groups is 1. The van der Waals surface area contributed by atoms with Gasteiger partial charge in [0.25, 0.3) is 0 Å². The van der Waals surface area contributed by atoms with Crippen LogP contribution in [0.2, 0.25) is 0 Å². The summed E-state index contributed by atoms with van der Waals surface area (Å²) in [6.45, 7) is 13.2. The van der Waals surface area contributed by atoms with Gasteiger partial charge in [0.15, 0.2) is 5.96 Å². The highest BCUT2D eigenvalue weighted by molar-refractivity contribution is 7.09. The summed E-state index contributed by atoms with van der Waals surface area (Å²) in [4.78, 5) is 23.4. The van der Waals surface area contributed by atoms with E-state index in [-0.39, 0.29) is 17.9 Å². The Morgan fingerprint density at radius 2 is 2.20 bits per heavy atom. The lowest BCUT2D eigenvalue weighted by Crippen LogP contribution is -2.45. The number of hydrogen-bond acceptors (Lipinski definition) is 4. The Morgan fingerprint density at radius 3 is 2.80 bits per heavy atom. The van der Waals surface area contributed by atoms with Gasteiger partial charge in [0.1, 0.15) is 0 Å². The predicted molar refractivity (Wildman–Crippen MR) is 104 cm³/mol. The quantitative estimate of drug-likeness (QED) is 0.600. The molecule has 0 bridgehead atoms. The molecule has 1 aromatic rings. The summed E-state index contributed by atoms with van der Waals surface area (Å²) in [5.41, 5.74) is 1.01. The highest BCUT2D eigenvalue weighted by atomic mass is 32.1. The summed E-state index contributed by atoms with van der Waals surface area (Å²) < 4.78 is 0. The molecular formula is C18H31N5OS. The lowest BCUT2D eigenvalue weighted by molar-refractivity contribution is -0.133. The first-order valence-electron chi connectivity index (χ1n) is 9.18. The first-order chi connectivity index (χ1) is 11.9. The smallest absolute Gasteiger partial charge is 0.225 e. The van der Waals surface area contributed by atoms with Gasteiger partial charge in [-0.15, -0.1) is 11.3 Å². The van der Waals surface area contributed by atoms with Crippen molar-refractivity contribution in [1.82, 2.24) is 20.5 Å². The zero-order valence-electron chi connectivity index (χ0n) is 16.0. The minimum atomic E-state index is 0.0560. The molecule has 1 fully saturated rings. The van der Waals surface area contributed by atoms with Crippen molar-refractivity contribution in [3.63, 3.8) is 0 Å². The molecule has 2 rings (SSSR count). The van der Waals surface area contributed by atoms with E-state index in [4.69, 9.17) is 0 Å². The van der Waals surface area contributed by atoms with Gasteiger partial charge in [-0.05, 0) is 13.3 Å². The van der Waals surface area contributed by atoms with Crippen LogP contribution < -0.4 is 10.6 Å². The Balaban J connectivity index is 1.92. The predicted octanol–water partition coefficient (Wildman–Crippen LogP) is 2.58. The third kappa shape index (κ3) is 5.70. The number of rotatable bonds is 6. The van der Waals surface area contributed by atoms with E-state index >= 15 is 0 Å². The fourth-order valence-corrected chi connectivity index (χ4v) is 3.60. The van der Waals surface area contributed by atoms with Gasteiger partial charge in [0.2, 0.25) is 5.91 Å². The molecule has 1 amide bonds. The maximum Gasteiger partial charge on any atom is 0.225 e. The van der Waals surface area contributed by atoms with E-state index in [1.54, 1.807) is 11.3 Å². The zero-order valence-corrected chi connectivity index (χ0v) is 16.8. The molecule has 6 nitrogen and oxygen atoms in total. The molecule has 1 atom stereocenters. The second-order valence-corrected chi connectivity index (χ2v) is 7.99. The lowest BCUT2D eigenvalue weighted by atomic mass is 10.2. The Bertz CT molecular complexity index is 596. The van der Waals surface area contributed by atoms with E-state index < -0.39 is 0 Å². The number of thiazole rings is 1. The second kappa shape index (κ2) is 9.17. The van der Waals surface area contributed by atoms with Crippen molar-refractivity contribution in [2.24, 2.45) is 10.9 Å². The van der Waals surface area contributed by atoms with Crippen molar-refractivity contribution < 1.29 is 4.79 Å². The molecule has 7 heteroatoms. The molecule has 0 aliphatic carbocycles. The molecule has 1 saturated heterocycles. The van der Waals surface area contributed by atoms with Crippen LogP contribution in [-0.2, 0) is 11.3 Å². The molecule has 1 unspecified atom stereocenters. The van der Waals surface area contributed by atoms with Crippen LogP contribution in [0, 0.1) is 5.92 Å².